The van der Waals surface area contributed by atoms with Crippen molar-refractivity contribution in [1.29, 1.82) is 0 Å². The molecule has 0 atom stereocenters. The number of aliphatic imine (C=N–C) groups is 1. The van der Waals surface area contributed by atoms with E-state index in [9.17, 15) is 0 Å². The predicted molar refractivity (Wildman–Crippen MR) is 47.9 cm³/mol. The zero-order chi connectivity index (χ0) is 8.16. The number of hydrogen-bond donors (Lipinski definition) is 0. The van der Waals surface area contributed by atoms with E-state index in [2.05, 4.69) is 22.4 Å². The van der Waals surface area contributed by atoms with Crippen LogP contribution in [0.25, 0.3) is 0 Å². The number of methoxy groups -OCH3 is 1. The quantitative estimate of drug-likeness (QED) is 0.470. The standard InChI is InChI=1S/C8H13NOS/c1-10-8(9-7-11)5-3-2-4-6-8/h2-6H2,1H3. The highest BCUT2D eigenvalue weighted by molar-refractivity contribution is 7.78. The van der Waals surface area contributed by atoms with Crippen molar-refractivity contribution < 1.29 is 4.74 Å². The molecule has 0 unspecified atom stereocenters. The van der Waals surface area contributed by atoms with Gasteiger partial charge >= 0.3 is 0 Å². The Morgan fingerprint density at radius 1 is 1.36 bits per heavy atom. The third-order valence-electron chi connectivity index (χ3n) is 2.26. The van der Waals surface area contributed by atoms with E-state index in [0.717, 1.165) is 12.8 Å². The zero-order valence-corrected chi connectivity index (χ0v) is 7.62. The number of isothiocyanates is 1. The minimum absolute atomic E-state index is 0.319. The van der Waals surface area contributed by atoms with E-state index in [1.165, 1.54) is 19.3 Å². The highest BCUT2D eigenvalue weighted by Crippen LogP contribution is 2.31. The third kappa shape index (κ3) is 2.09. The number of hydrogen-bond acceptors (Lipinski definition) is 3. The maximum atomic E-state index is 5.32. The number of ether oxygens (including phenoxy) is 1. The molecule has 0 spiro atoms. The molecule has 0 N–H and O–H groups in total. The second-order valence-corrected chi connectivity index (χ2v) is 3.10. The maximum Gasteiger partial charge on any atom is 0.168 e. The second kappa shape index (κ2) is 3.96. The van der Waals surface area contributed by atoms with E-state index in [4.69, 9.17) is 4.74 Å². The molecule has 0 aromatic heterocycles. The first kappa shape index (κ1) is 8.85. The summed E-state index contributed by atoms with van der Waals surface area (Å²) in [5.74, 6) is 0. The fourth-order valence-electron chi connectivity index (χ4n) is 1.55. The van der Waals surface area contributed by atoms with E-state index in [-0.39, 0.29) is 5.72 Å². The lowest BCUT2D eigenvalue weighted by molar-refractivity contribution is -0.0307. The van der Waals surface area contributed by atoms with E-state index in [1.54, 1.807) is 7.11 Å². The van der Waals surface area contributed by atoms with Crippen molar-refractivity contribution in [3.63, 3.8) is 0 Å². The molecule has 1 aliphatic rings. The summed E-state index contributed by atoms with van der Waals surface area (Å²) >= 11 is 4.57. The van der Waals surface area contributed by atoms with Crippen LogP contribution < -0.4 is 0 Å². The molecule has 1 fully saturated rings. The smallest absolute Gasteiger partial charge is 0.168 e. The van der Waals surface area contributed by atoms with Gasteiger partial charge in [-0.2, -0.15) is 4.99 Å². The van der Waals surface area contributed by atoms with Crippen LogP contribution in [0.1, 0.15) is 32.1 Å². The normalized spacial score (nSPS) is 22.3. The van der Waals surface area contributed by atoms with Crippen molar-refractivity contribution in [3.05, 3.63) is 0 Å². The Morgan fingerprint density at radius 2 is 2.00 bits per heavy atom. The van der Waals surface area contributed by atoms with Crippen LogP contribution in [0.3, 0.4) is 0 Å². The van der Waals surface area contributed by atoms with E-state index >= 15 is 0 Å². The van der Waals surface area contributed by atoms with Crippen LogP contribution in [0.5, 0.6) is 0 Å². The summed E-state index contributed by atoms with van der Waals surface area (Å²) in [4.78, 5) is 4.08. The highest BCUT2D eigenvalue weighted by atomic mass is 32.1. The largest absolute Gasteiger partial charge is 0.356 e. The first-order valence-electron chi connectivity index (χ1n) is 3.97. The Balaban J connectivity index is 2.64. The molecular formula is C8H13NOS. The van der Waals surface area contributed by atoms with Crippen LogP contribution in [-0.2, 0) is 4.74 Å². The number of nitrogens with zero attached hydrogens (tertiary/aromatic N) is 1. The average molecular weight is 171 g/mol. The highest BCUT2D eigenvalue weighted by Gasteiger charge is 2.30. The Morgan fingerprint density at radius 3 is 2.45 bits per heavy atom. The predicted octanol–water partition coefficient (Wildman–Crippen LogP) is 2.40. The second-order valence-electron chi connectivity index (χ2n) is 2.91. The van der Waals surface area contributed by atoms with Crippen LogP contribution in [0.4, 0.5) is 0 Å². The zero-order valence-electron chi connectivity index (χ0n) is 6.80. The molecular weight excluding hydrogens is 158 g/mol. The van der Waals surface area contributed by atoms with Gasteiger partial charge in [0.2, 0.25) is 0 Å². The Labute approximate surface area is 72.7 Å². The van der Waals surface area contributed by atoms with Gasteiger partial charge in [-0.3, -0.25) is 0 Å². The van der Waals surface area contributed by atoms with Crippen molar-refractivity contribution >= 4 is 17.4 Å². The lowest BCUT2D eigenvalue weighted by Crippen LogP contribution is -2.31. The van der Waals surface area contributed by atoms with Gasteiger partial charge in [0.25, 0.3) is 0 Å². The molecule has 1 aliphatic carbocycles. The summed E-state index contributed by atoms with van der Waals surface area (Å²) in [5, 5.41) is 2.41. The Kier molecular flexibility index (Phi) is 3.18. The first-order valence-corrected chi connectivity index (χ1v) is 4.38. The SMILES string of the molecule is COC1(N=C=S)CCCCC1. The van der Waals surface area contributed by atoms with Gasteiger partial charge in [-0.25, -0.2) is 0 Å². The van der Waals surface area contributed by atoms with Gasteiger partial charge in [0, 0.05) is 7.11 Å². The van der Waals surface area contributed by atoms with Gasteiger partial charge in [-0.15, -0.1) is 0 Å². The summed E-state index contributed by atoms with van der Waals surface area (Å²) in [5.41, 5.74) is -0.319. The molecule has 3 heteroatoms. The summed E-state index contributed by atoms with van der Waals surface area (Å²) < 4.78 is 5.32. The summed E-state index contributed by atoms with van der Waals surface area (Å²) in [6.07, 6.45) is 5.65. The van der Waals surface area contributed by atoms with Crippen LogP contribution in [0.15, 0.2) is 4.99 Å². The molecule has 0 aliphatic heterocycles. The minimum atomic E-state index is -0.319. The molecule has 0 aromatic carbocycles. The van der Waals surface area contributed by atoms with Gasteiger partial charge in [0.05, 0.1) is 5.16 Å². The first-order chi connectivity index (χ1) is 5.33. The molecule has 0 aromatic rings. The molecule has 11 heavy (non-hydrogen) atoms. The van der Waals surface area contributed by atoms with Crippen LogP contribution >= 0.6 is 12.2 Å². The van der Waals surface area contributed by atoms with E-state index in [1.807, 2.05) is 0 Å². The molecule has 0 radical (unpaired) electrons. The van der Waals surface area contributed by atoms with Gasteiger partial charge in [-0.05, 0) is 37.9 Å². The average Bonchev–Trinajstić information content (AvgIpc) is 2.07. The van der Waals surface area contributed by atoms with Crippen molar-refractivity contribution in [2.45, 2.75) is 37.8 Å². The van der Waals surface area contributed by atoms with Crippen molar-refractivity contribution in [2.75, 3.05) is 7.11 Å². The monoisotopic (exact) mass is 171 g/mol. The van der Waals surface area contributed by atoms with E-state index < -0.39 is 0 Å². The van der Waals surface area contributed by atoms with Crippen LogP contribution in [0, 0.1) is 0 Å². The molecule has 62 valence electrons. The van der Waals surface area contributed by atoms with Gasteiger partial charge in [0.15, 0.2) is 5.72 Å². The van der Waals surface area contributed by atoms with E-state index in [0.29, 0.717) is 0 Å². The molecule has 1 saturated carbocycles. The van der Waals surface area contributed by atoms with Crippen LogP contribution in [-0.4, -0.2) is 18.0 Å². The number of thiocarbonyl (C=S) groups is 1. The minimum Gasteiger partial charge on any atom is -0.356 e. The molecule has 0 heterocycles. The summed E-state index contributed by atoms with van der Waals surface area (Å²) in [6, 6.07) is 0. The lowest BCUT2D eigenvalue weighted by Gasteiger charge is -2.30. The van der Waals surface area contributed by atoms with Gasteiger partial charge < -0.3 is 4.74 Å². The fraction of sp³-hybridized carbons (Fsp3) is 0.875. The Bertz CT molecular complexity index is 169. The fourth-order valence-corrected chi connectivity index (χ4v) is 1.72. The number of rotatable bonds is 2. The van der Waals surface area contributed by atoms with Crippen molar-refractivity contribution in [1.82, 2.24) is 0 Å². The van der Waals surface area contributed by atoms with Crippen LogP contribution in [0.2, 0.25) is 0 Å². The third-order valence-corrected chi connectivity index (χ3v) is 2.36. The molecule has 1 rings (SSSR count). The topological polar surface area (TPSA) is 21.6 Å². The summed E-state index contributed by atoms with van der Waals surface area (Å²) in [7, 11) is 1.70. The molecule has 2 nitrogen and oxygen atoms in total. The van der Waals surface area contributed by atoms with Gasteiger partial charge in [-0.1, -0.05) is 6.42 Å². The Hall–Kier alpha value is -0.240. The maximum absolute atomic E-state index is 5.32. The van der Waals surface area contributed by atoms with Crippen molar-refractivity contribution in [2.24, 2.45) is 4.99 Å². The lowest BCUT2D eigenvalue weighted by atomic mass is 9.92. The summed E-state index contributed by atoms with van der Waals surface area (Å²) in [6.45, 7) is 0. The molecule has 0 amide bonds. The molecule has 0 bridgehead atoms. The van der Waals surface area contributed by atoms with Crippen molar-refractivity contribution in [3.8, 4) is 0 Å². The van der Waals surface area contributed by atoms with Gasteiger partial charge in [0.1, 0.15) is 0 Å². The molecule has 0 saturated heterocycles.